The summed E-state index contributed by atoms with van der Waals surface area (Å²) in [6.45, 7) is 2.20. The van der Waals surface area contributed by atoms with Crippen LogP contribution < -0.4 is 8.92 Å². The number of benzene rings is 2. The van der Waals surface area contributed by atoms with Gasteiger partial charge in [-0.25, -0.2) is 0 Å². The first-order chi connectivity index (χ1) is 10.9. The zero-order chi connectivity index (χ0) is 15.2. The molecule has 4 heteroatoms. The molecule has 0 atom stereocenters. The maximum atomic E-state index is 4.32. The van der Waals surface area contributed by atoms with E-state index in [1.54, 1.807) is 0 Å². The molecule has 0 saturated carbocycles. The van der Waals surface area contributed by atoms with E-state index in [9.17, 15) is 0 Å². The van der Waals surface area contributed by atoms with Crippen molar-refractivity contribution in [3.8, 4) is 5.69 Å². The van der Waals surface area contributed by atoms with E-state index in [4.69, 9.17) is 0 Å². The van der Waals surface area contributed by atoms with Crippen molar-refractivity contribution in [3.63, 3.8) is 0 Å². The van der Waals surface area contributed by atoms with Crippen LogP contribution >= 0.6 is 0 Å². The Hall–Kier alpha value is -1.90. The van der Waals surface area contributed by atoms with Crippen LogP contribution in [0.3, 0.4) is 0 Å². The number of nitrogens with zero attached hydrogens (tertiary/aromatic N) is 3. The summed E-state index contributed by atoms with van der Waals surface area (Å²) in [5.74, 6) is 0. The van der Waals surface area contributed by atoms with Crippen LogP contribution in [0.25, 0.3) is 5.69 Å². The summed E-state index contributed by atoms with van der Waals surface area (Å²) in [6, 6.07) is 19.1. The number of para-hydroxylation sites is 1. The second kappa shape index (κ2) is 7.39. The minimum absolute atomic E-state index is 0.271. The minimum atomic E-state index is 0.271. The van der Waals surface area contributed by atoms with Crippen LogP contribution in [0.1, 0.15) is 25.5 Å². The first-order valence-corrected chi connectivity index (χ1v) is 9.31. The Balaban J connectivity index is 1.86. The molecule has 0 unspecified atom stereocenters. The van der Waals surface area contributed by atoms with Crippen molar-refractivity contribution in [2.24, 2.45) is 0 Å². The molecule has 0 N–H and O–H groups in total. The number of hydrogen-bond donors (Lipinski definition) is 0. The molecular formula is C18H19N3Se. The van der Waals surface area contributed by atoms with Gasteiger partial charge in [-0.15, -0.1) is 0 Å². The number of aryl methyl sites for hydroxylation is 1. The van der Waals surface area contributed by atoms with Crippen LogP contribution in [0, 0.1) is 0 Å². The van der Waals surface area contributed by atoms with E-state index >= 15 is 0 Å². The Morgan fingerprint density at radius 2 is 1.77 bits per heavy atom. The molecule has 0 aliphatic rings. The summed E-state index contributed by atoms with van der Waals surface area (Å²) in [6.07, 6.45) is 5.41. The Kier molecular flexibility index (Phi) is 5.04. The van der Waals surface area contributed by atoms with Crippen molar-refractivity contribution in [1.29, 1.82) is 0 Å². The van der Waals surface area contributed by atoms with Crippen molar-refractivity contribution in [3.05, 3.63) is 66.5 Å². The third kappa shape index (κ3) is 3.65. The fraction of sp³-hybridized carbons (Fsp3) is 0.222. The van der Waals surface area contributed by atoms with Gasteiger partial charge in [-0.05, 0) is 0 Å². The van der Waals surface area contributed by atoms with Gasteiger partial charge in [-0.1, -0.05) is 0 Å². The summed E-state index contributed by atoms with van der Waals surface area (Å²) >= 11 is 0.271. The molecular weight excluding hydrogens is 337 g/mol. The van der Waals surface area contributed by atoms with E-state index in [1.807, 2.05) is 4.68 Å². The van der Waals surface area contributed by atoms with Gasteiger partial charge in [0.05, 0.1) is 0 Å². The zero-order valence-corrected chi connectivity index (χ0v) is 14.4. The Bertz CT molecular complexity index is 722. The van der Waals surface area contributed by atoms with E-state index in [-0.39, 0.29) is 15.0 Å². The van der Waals surface area contributed by atoms with Crippen LogP contribution in [0.4, 0.5) is 0 Å². The van der Waals surface area contributed by atoms with Gasteiger partial charge in [0.25, 0.3) is 0 Å². The van der Waals surface area contributed by atoms with E-state index in [1.165, 1.54) is 15.3 Å². The molecule has 0 amide bonds. The summed E-state index contributed by atoms with van der Waals surface area (Å²) < 4.78 is 4.62. The van der Waals surface area contributed by atoms with Gasteiger partial charge in [0.15, 0.2) is 0 Å². The predicted molar refractivity (Wildman–Crippen MR) is 91.4 cm³/mol. The van der Waals surface area contributed by atoms with Gasteiger partial charge in [-0.3, -0.25) is 0 Å². The summed E-state index contributed by atoms with van der Waals surface area (Å²) in [5.41, 5.74) is 2.21. The van der Waals surface area contributed by atoms with Gasteiger partial charge < -0.3 is 0 Å². The second-order valence-electron chi connectivity index (χ2n) is 5.14. The quantitative estimate of drug-likeness (QED) is 0.635. The van der Waals surface area contributed by atoms with Gasteiger partial charge in [0.1, 0.15) is 0 Å². The summed E-state index contributed by atoms with van der Waals surface area (Å²) in [7, 11) is 0. The van der Waals surface area contributed by atoms with Crippen molar-refractivity contribution >= 4 is 23.9 Å². The fourth-order valence-electron chi connectivity index (χ4n) is 2.24. The molecule has 0 aliphatic carbocycles. The van der Waals surface area contributed by atoms with Gasteiger partial charge in [0.2, 0.25) is 0 Å². The molecule has 0 saturated heterocycles. The second-order valence-corrected chi connectivity index (χ2v) is 7.48. The van der Waals surface area contributed by atoms with E-state index in [2.05, 4.69) is 78.0 Å². The molecule has 3 rings (SSSR count). The first-order valence-electron chi connectivity index (χ1n) is 7.60. The Morgan fingerprint density at radius 1 is 1.00 bits per heavy atom. The third-order valence-electron chi connectivity index (χ3n) is 3.41. The molecule has 1 aromatic heterocycles. The average molecular weight is 356 g/mol. The fourth-order valence-corrected chi connectivity index (χ4v) is 4.25. The number of rotatable bonds is 6. The summed E-state index contributed by atoms with van der Waals surface area (Å²) in [4.78, 5) is 0. The number of aromatic nitrogens is 3. The molecule has 0 radical (unpaired) electrons. The molecule has 0 bridgehead atoms. The first kappa shape index (κ1) is 15.0. The Labute approximate surface area is 137 Å². The topological polar surface area (TPSA) is 30.7 Å². The van der Waals surface area contributed by atoms with Crippen molar-refractivity contribution < 1.29 is 0 Å². The van der Waals surface area contributed by atoms with Gasteiger partial charge in [-0.2, -0.15) is 0 Å². The predicted octanol–water partition coefficient (Wildman–Crippen LogP) is 2.26. The van der Waals surface area contributed by atoms with Gasteiger partial charge in [0, 0.05) is 0 Å². The maximum absolute atomic E-state index is 4.32. The standard InChI is InChI=1S/C18H19N3Se/c1-2-3-9-15-14-21(20-19-15)17-12-7-8-13-18(17)22-16-10-5-4-6-11-16/h4-8,10-14H,2-3,9H2,1H3. The Morgan fingerprint density at radius 3 is 2.59 bits per heavy atom. The van der Waals surface area contributed by atoms with Crippen LogP contribution in [-0.2, 0) is 6.42 Å². The molecule has 2 aromatic carbocycles. The molecule has 0 fully saturated rings. The third-order valence-corrected chi connectivity index (χ3v) is 5.66. The molecule has 3 nitrogen and oxygen atoms in total. The van der Waals surface area contributed by atoms with Crippen LogP contribution in [-0.4, -0.2) is 30.0 Å². The van der Waals surface area contributed by atoms with E-state index in [0.717, 1.165) is 24.2 Å². The average Bonchev–Trinajstić information content (AvgIpc) is 3.03. The molecule has 112 valence electrons. The molecule has 0 aliphatic heterocycles. The van der Waals surface area contributed by atoms with Crippen molar-refractivity contribution in [2.75, 3.05) is 0 Å². The van der Waals surface area contributed by atoms with Crippen molar-refractivity contribution in [2.45, 2.75) is 26.2 Å². The van der Waals surface area contributed by atoms with Crippen LogP contribution in [0.5, 0.6) is 0 Å². The summed E-state index contributed by atoms with van der Waals surface area (Å²) in [5, 5.41) is 8.62. The van der Waals surface area contributed by atoms with Gasteiger partial charge >= 0.3 is 137 Å². The zero-order valence-electron chi connectivity index (χ0n) is 12.6. The number of unbranched alkanes of at least 4 members (excludes halogenated alkanes) is 1. The van der Waals surface area contributed by atoms with Crippen LogP contribution in [0.2, 0.25) is 0 Å². The van der Waals surface area contributed by atoms with E-state index in [0.29, 0.717) is 0 Å². The molecule has 1 heterocycles. The SMILES string of the molecule is CCCCc1cn(-c2ccccc2[Se]c2ccccc2)nn1. The van der Waals surface area contributed by atoms with E-state index < -0.39 is 0 Å². The molecule has 22 heavy (non-hydrogen) atoms. The molecule has 3 aromatic rings. The normalized spacial score (nSPS) is 10.8. The number of hydrogen-bond acceptors (Lipinski definition) is 2. The van der Waals surface area contributed by atoms with Crippen molar-refractivity contribution in [1.82, 2.24) is 15.0 Å². The molecule has 0 spiro atoms. The monoisotopic (exact) mass is 357 g/mol. The van der Waals surface area contributed by atoms with Crippen LogP contribution in [0.15, 0.2) is 60.8 Å².